The third-order valence-electron chi connectivity index (χ3n) is 2.03. The Morgan fingerprint density at radius 2 is 2.07 bits per heavy atom. The van der Waals surface area contributed by atoms with Gasteiger partial charge in [0, 0.05) is 17.3 Å². The monoisotopic (exact) mass is 187 g/mol. The molecule has 0 aromatic heterocycles. The van der Waals surface area contributed by atoms with Crippen LogP contribution in [0.25, 0.3) is 0 Å². The van der Waals surface area contributed by atoms with Crippen molar-refractivity contribution < 1.29 is 9.59 Å². The third-order valence-corrected chi connectivity index (χ3v) is 2.03. The summed E-state index contributed by atoms with van der Waals surface area (Å²) < 4.78 is 0. The van der Waals surface area contributed by atoms with E-state index in [1.807, 2.05) is 12.1 Å². The first-order chi connectivity index (χ1) is 6.68. The maximum absolute atomic E-state index is 11.6. The van der Waals surface area contributed by atoms with Gasteiger partial charge in [0.25, 0.3) is 0 Å². The molecule has 0 bridgehead atoms. The van der Waals surface area contributed by atoms with E-state index in [4.69, 9.17) is 0 Å². The molecule has 1 aromatic carbocycles. The lowest BCUT2D eigenvalue weighted by molar-refractivity contribution is -0.112. The number of para-hydroxylation sites is 1. The molecule has 0 spiro atoms. The summed E-state index contributed by atoms with van der Waals surface area (Å²) in [4.78, 5) is 22.5. The Morgan fingerprint density at radius 1 is 1.36 bits per heavy atom. The number of hydrogen-bond donors (Lipinski definition) is 1. The first-order valence-corrected chi connectivity index (χ1v) is 4.31. The molecule has 0 atom stereocenters. The van der Waals surface area contributed by atoms with E-state index in [1.54, 1.807) is 12.1 Å². The predicted molar refractivity (Wildman–Crippen MR) is 53.2 cm³/mol. The van der Waals surface area contributed by atoms with E-state index in [-0.39, 0.29) is 11.6 Å². The fourth-order valence-electron chi connectivity index (χ4n) is 1.44. The van der Waals surface area contributed by atoms with Gasteiger partial charge in [0.2, 0.25) is 5.78 Å². The molecule has 1 heterocycles. The van der Waals surface area contributed by atoms with E-state index in [1.165, 1.54) is 13.0 Å². The molecule has 14 heavy (non-hydrogen) atoms. The zero-order chi connectivity index (χ0) is 10.1. The van der Waals surface area contributed by atoms with E-state index in [0.717, 1.165) is 5.69 Å². The molecular formula is C11H9NO2. The van der Waals surface area contributed by atoms with Crippen LogP contribution in [0.1, 0.15) is 17.3 Å². The number of Topliss-reactive ketones (excluding diaryl/α,β-unsaturated/α-hetero) is 1. The molecule has 0 fully saturated rings. The molecule has 0 saturated carbocycles. The topological polar surface area (TPSA) is 46.2 Å². The molecule has 1 N–H and O–H groups in total. The summed E-state index contributed by atoms with van der Waals surface area (Å²) in [6.07, 6.45) is 1.32. The Labute approximate surface area is 81.4 Å². The zero-order valence-corrected chi connectivity index (χ0v) is 7.70. The minimum atomic E-state index is -0.131. The quantitative estimate of drug-likeness (QED) is 0.681. The summed E-state index contributed by atoms with van der Waals surface area (Å²) >= 11 is 0. The summed E-state index contributed by atoms with van der Waals surface area (Å²) in [7, 11) is 0. The van der Waals surface area contributed by atoms with E-state index in [0.29, 0.717) is 11.3 Å². The van der Waals surface area contributed by atoms with Crippen molar-refractivity contribution in [2.75, 3.05) is 5.32 Å². The van der Waals surface area contributed by atoms with Crippen molar-refractivity contribution >= 4 is 17.3 Å². The first-order valence-electron chi connectivity index (χ1n) is 4.31. The lowest BCUT2D eigenvalue weighted by Crippen LogP contribution is -2.02. The number of rotatable bonds is 1. The smallest absolute Gasteiger partial charge is 0.211 e. The maximum Gasteiger partial charge on any atom is 0.211 e. The van der Waals surface area contributed by atoms with E-state index in [2.05, 4.69) is 5.32 Å². The second kappa shape index (κ2) is 3.10. The molecule has 1 aliphatic heterocycles. The molecule has 1 aromatic rings. The number of anilines is 1. The van der Waals surface area contributed by atoms with Crippen molar-refractivity contribution in [3.63, 3.8) is 0 Å². The van der Waals surface area contributed by atoms with E-state index < -0.39 is 0 Å². The van der Waals surface area contributed by atoms with Crippen molar-refractivity contribution in [1.29, 1.82) is 0 Å². The summed E-state index contributed by atoms with van der Waals surface area (Å²) in [5, 5.41) is 2.91. The Morgan fingerprint density at radius 3 is 2.71 bits per heavy atom. The van der Waals surface area contributed by atoms with Crippen LogP contribution in [0.5, 0.6) is 0 Å². The van der Waals surface area contributed by atoms with Gasteiger partial charge in [-0.3, -0.25) is 9.59 Å². The lowest BCUT2D eigenvalue weighted by atomic mass is 10.1. The Bertz CT molecular complexity index is 446. The molecular weight excluding hydrogens is 178 g/mol. The molecule has 2 rings (SSSR count). The third kappa shape index (κ3) is 1.33. The second-order valence-electron chi connectivity index (χ2n) is 3.17. The number of carbonyl (C=O) groups is 2. The lowest BCUT2D eigenvalue weighted by Gasteiger charge is -1.95. The first kappa shape index (κ1) is 8.69. The summed E-state index contributed by atoms with van der Waals surface area (Å²) in [6.45, 7) is 1.42. The van der Waals surface area contributed by atoms with Crippen LogP contribution >= 0.6 is 0 Å². The molecule has 70 valence electrons. The highest BCUT2D eigenvalue weighted by atomic mass is 16.1. The van der Waals surface area contributed by atoms with Crippen LogP contribution in [-0.4, -0.2) is 11.6 Å². The average Bonchev–Trinajstić information content (AvgIpc) is 2.44. The standard InChI is InChI=1S/C11H9NO2/c1-7(13)6-10-11(14)8-4-2-3-5-9(8)12-10/h2-6,12H,1H3/b10-6-. The summed E-state index contributed by atoms with van der Waals surface area (Å²) in [5.74, 6) is -0.246. The van der Waals surface area contributed by atoms with Crippen LogP contribution in [0.2, 0.25) is 0 Å². The van der Waals surface area contributed by atoms with Gasteiger partial charge in [-0.05, 0) is 19.1 Å². The van der Waals surface area contributed by atoms with Crippen molar-refractivity contribution in [3.05, 3.63) is 41.6 Å². The van der Waals surface area contributed by atoms with Gasteiger partial charge in [0.15, 0.2) is 5.78 Å². The van der Waals surface area contributed by atoms with Gasteiger partial charge in [-0.15, -0.1) is 0 Å². The molecule has 0 amide bonds. The van der Waals surface area contributed by atoms with Crippen LogP contribution in [0.4, 0.5) is 5.69 Å². The van der Waals surface area contributed by atoms with Gasteiger partial charge < -0.3 is 5.32 Å². The van der Waals surface area contributed by atoms with E-state index in [9.17, 15) is 9.59 Å². The van der Waals surface area contributed by atoms with Gasteiger partial charge in [0.1, 0.15) is 0 Å². The van der Waals surface area contributed by atoms with Crippen LogP contribution in [0, 0.1) is 0 Å². The Balaban J connectivity index is 2.44. The fraction of sp³-hybridized carbons (Fsp3) is 0.0909. The zero-order valence-electron chi connectivity index (χ0n) is 7.70. The molecule has 0 aliphatic carbocycles. The van der Waals surface area contributed by atoms with Gasteiger partial charge >= 0.3 is 0 Å². The van der Waals surface area contributed by atoms with E-state index >= 15 is 0 Å². The summed E-state index contributed by atoms with van der Waals surface area (Å²) in [5.41, 5.74) is 1.75. The molecule has 0 saturated heterocycles. The number of hydrogen-bond acceptors (Lipinski definition) is 3. The number of ketones is 2. The van der Waals surface area contributed by atoms with Gasteiger partial charge in [-0.2, -0.15) is 0 Å². The maximum atomic E-state index is 11.6. The van der Waals surface area contributed by atoms with Crippen LogP contribution in [-0.2, 0) is 4.79 Å². The number of allylic oxidation sites excluding steroid dienone is 2. The Kier molecular flexibility index (Phi) is 1.93. The minimum absolute atomic E-state index is 0.115. The van der Waals surface area contributed by atoms with Crippen molar-refractivity contribution in [2.24, 2.45) is 0 Å². The van der Waals surface area contributed by atoms with Crippen LogP contribution in [0.15, 0.2) is 36.0 Å². The van der Waals surface area contributed by atoms with Crippen LogP contribution < -0.4 is 5.32 Å². The number of nitrogens with one attached hydrogen (secondary N) is 1. The number of carbonyl (C=O) groups excluding carboxylic acids is 2. The fourth-order valence-corrected chi connectivity index (χ4v) is 1.44. The normalized spacial score (nSPS) is 16.6. The predicted octanol–water partition coefficient (Wildman–Crippen LogP) is 1.77. The number of benzene rings is 1. The molecule has 0 radical (unpaired) electrons. The SMILES string of the molecule is CC(=O)/C=C1\Nc2ccccc2C1=O. The molecule has 3 heteroatoms. The molecule has 3 nitrogen and oxygen atoms in total. The Hall–Kier alpha value is -1.90. The van der Waals surface area contributed by atoms with Crippen molar-refractivity contribution in [3.8, 4) is 0 Å². The van der Waals surface area contributed by atoms with Crippen LogP contribution in [0.3, 0.4) is 0 Å². The molecule has 1 aliphatic rings. The largest absolute Gasteiger partial charge is 0.352 e. The number of fused-ring (bicyclic) bond motifs is 1. The second-order valence-corrected chi connectivity index (χ2v) is 3.17. The highest BCUT2D eigenvalue weighted by Gasteiger charge is 2.23. The average molecular weight is 187 g/mol. The van der Waals surface area contributed by atoms with Gasteiger partial charge in [0.05, 0.1) is 5.70 Å². The highest BCUT2D eigenvalue weighted by Crippen LogP contribution is 2.26. The van der Waals surface area contributed by atoms with Gasteiger partial charge in [-0.25, -0.2) is 0 Å². The highest BCUT2D eigenvalue weighted by molar-refractivity contribution is 6.20. The van der Waals surface area contributed by atoms with Crippen molar-refractivity contribution in [2.45, 2.75) is 6.92 Å². The van der Waals surface area contributed by atoms with Gasteiger partial charge in [-0.1, -0.05) is 12.1 Å². The summed E-state index contributed by atoms with van der Waals surface area (Å²) in [6, 6.07) is 7.20. The van der Waals surface area contributed by atoms with Crippen molar-refractivity contribution in [1.82, 2.24) is 0 Å². The minimum Gasteiger partial charge on any atom is -0.352 e. The molecule has 0 unspecified atom stereocenters.